The van der Waals surface area contributed by atoms with Gasteiger partial charge in [-0.3, -0.25) is 0 Å². The Labute approximate surface area is 127 Å². The van der Waals surface area contributed by atoms with Gasteiger partial charge in [-0.1, -0.05) is 60.7 Å². The molecule has 0 fully saturated rings. The predicted octanol–water partition coefficient (Wildman–Crippen LogP) is 4.92. The van der Waals surface area contributed by atoms with Crippen molar-refractivity contribution >= 4 is 21.7 Å². The Morgan fingerprint density at radius 1 is 0.773 bits per heavy atom. The molecule has 4 rings (SSSR count). The molecule has 0 atom stereocenters. The molecule has 0 N–H and O–H groups in total. The summed E-state index contributed by atoms with van der Waals surface area (Å²) in [5.74, 6) is 0. The molecule has 2 heteroatoms. The summed E-state index contributed by atoms with van der Waals surface area (Å²) in [6.07, 6.45) is 0. The average molecular weight is 286 g/mol. The Kier molecular flexibility index (Phi) is 2.83. The highest BCUT2D eigenvalue weighted by molar-refractivity contribution is 5.99. The highest BCUT2D eigenvalue weighted by Crippen LogP contribution is 2.31. The molecule has 0 unspecified atom stereocenters. The number of para-hydroxylation sites is 1. The van der Waals surface area contributed by atoms with E-state index in [9.17, 15) is 4.79 Å². The lowest BCUT2D eigenvalue weighted by Gasteiger charge is -2.10. The smallest absolute Gasteiger partial charge is 0.344 e. The second-order valence-corrected chi connectivity index (χ2v) is 5.41. The molecule has 0 bridgehead atoms. The van der Waals surface area contributed by atoms with Crippen molar-refractivity contribution in [1.29, 1.82) is 0 Å². The highest BCUT2D eigenvalue weighted by atomic mass is 16.4. The first kappa shape index (κ1) is 12.8. The van der Waals surface area contributed by atoms with Crippen LogP contribution in [0.2, 0.25) is 0 Å². The Balaban J connectivity index is 2.15. The molecule has 0 aliphatic carbocycles. The third kappa shape index (κ3) is 1.85. The fourth-order valence-corrected chi connectivity index (χ4v) is 3.06. The van der Waals surface area contributed by atoms with Crippen molar-refractivity contribution in [3.05, 3.63) is 82.7 Å². The van der Waals surface area contributed by atoms with E-state index in [1.165, 1.54) is 0 Å². The van der Waals surface area contributed by atoms with Crippen molar-refractivity contribution in [2.75, 3.05) is 0 Å². The number of benzene rings is 3. The fraction of sp³-hybridized carbons (Fsp3) is 0.0500. The second kappa shape index (κ2) is 4.85. The predicted molar refractivity (Wildman–Crippen MR) is 90.2 cm³/mol. The van der Waals surface area contributed by atoms with Crippen LogP contribution < -0.4 is 5.63 Å². The Morgan fingerprint density at radius 2 is 1.45 bits per heavy atom. The molecule has 0 aliphatic rings. The Bertz CT molecular complexity index is 1050. The van der Waals surface area contributed by atoms with Crippen LogP contribution in [0.25, 0.3) is 32.9 Å². The van der Waals surface area contributed by atoms with Gasteiger partial charge in [0.05, 0.1) is 5.56 Å². The molecule has 0 aliphatic heterocycles. The van der Waals surface area contributed by atoms with E-state index in [2.05, 4.69) is 12.1 Å². The van der Waals surface area contributed by atoms with Gasteiger partial charge in [0.1, 0.15) is 5.58 Å². The van der Waals surface area contributed by atoms with Crippen molar-refractivity contribution in [2.45, 2.75) is 6.92 Å². The van der Waals surface area contributed by atoms with Crippen LogP contribution in [-0.4, -0.2) is 0 Å². The molecule has 3 aromatic carbocycles. The lowest BCUT2D eigenvalue weighted by atomic mass is 9.95. The second-order valence-electron chi connectivity index (χ2n) is 5.41. The van der Waals surface area contributed by atoms with E-state index in [4.69, 9.17) is 4.42 Å². The molecule has 0 amide bonds. The number of fused-ring (bicyclic) bond motifs is 2. The normalized spacial score (nSPS) is 11.1. The van der Waals surface area contributed by atoms with Crippen LogP contribution in [0.3, 0.4) is 0 Å². The minimum atomic E-state index is -0.285. The quantitative estimate of drug-likeness (QED) is 0.465. The summed E-state index contributed by atoms with van der Waals surface area (Å²) < 4.78 is 5.52. The number of hydrogen-bond acceptors (Lipinski definition) is 2. The summed E-state index contributed by atoms with van der Waals surface area (Å²) >= 11 is 0. The first-order valence-corrected chi connectivity index (χ1v) is 7.26. The number of hydrogen-bond donors (Lipinski definition) is 0. The van der Waals surface area contributed by atoms with Crippen LogP contribution in [0, 0.1) is 6.92 Å². The van der Waals surface area contributed by atoms with Gasteiger partial charge >= 0.3 is 5.63 Å². The Morgan fingerprint density at radius 3 is 2.32 bits per heavy atom. The molecule has 106 valence electrons. The maximum absolute atomic E-state index is 12.5. The molecule has 1 aromatic heterocycles. The van der Waals surface area contributed by atoms with E-state index in [0.29, 0.717) is 11.1 Å². The van der Waals surface area contributed by atoms with E-state index in [0.717, 1.165) is 27.3 Å². The van der Waals surface area contributed by atoms with Crippen molar-refractivity contribution < 1.29 is 4.42 Å². The maximum atomic E-state index is 12.5. The summed E-state index contributed by atoms with van der Waals surface area (Å²) in [5.41, 5.74) is 2.88. The third-order valence-electron chi connectivity index (χ3n) is 4.13. The minimum Gasteiger partial charge on any atom is -0.422 e. The summed E-state index contributed by atoms with van der Waals surface area (Å²) in [6.45, 7) is 1.98. The van der Waals surface area contributed by atoms with E-state index < -0.39 is 0 Å². The maximum Gasteiger partial charge on any atom is 0.344 e. The van der Waals surface area contributed by atoms with Gasteiger partial charge in [0.15, 0.2) is 0 Å². The molecule has 2 nitrogen and oxygen atoms in total. The molecular weight excluding hydrogens is 272 g/mol. The van der Waals surface area contributed by atoms with Gasteiger partial charge < -0.3 is 4.42 Å². The van der Waals surface area contributed by atoms with Gasteiger partial charge in [0.2, 0.25) is 0 Å². The van der Waals surface area contributed by atoms with E-state index in [-0.39, 0.29) is 5.63 Å². The van der Waals surface area contributed by atoms with Crippen LogP contribution in [0.15, 0.2) is 75.9 Å². The highest BCUT2D eigenvalue weighted by Gasteiger charge is 2.14. The number of rotatable bonds is 1. The van der Waals surface area contributed by atoms with Crippen molar-refractivity contribution in [1.82, 2.24) is 0 Å². The molecule has 0 saturated heterocycles. The lowest BCUT2D eigenvalue weighted by molar-refractivity contribution is 0.562. The standard InChI is InChI=1S/C20H14O2/c1-13-15-9-4-5-12-18(15)22-20(21)19(13)17-11-6-8-14-7-2-3-10-16(14)17/h2-12H,1H3. The molecule has 4 aromatic rings. The van der Waals surface area contributed by atoms with Crippen molar-refractivity contribution in [2.24, 2.45) is 0 Å². The molecule has 0 radical (unpaired) electrons. The minimum absolute atomic E-state index is 0.285. The molecule has 0 spiro atoms. The van der Waals surface area contributed by atoms with Gasteiger partial charge in [0, 0.05) is 5.39 Å². The zero-order chi connectivity index (χ0) is 15.1. The van der Waals surface area contributed by atoms with Gasteiger partial charge in [-0.15, -0.1) is 0 Å². The van der Waals surface area contributed by atoms with E-state index in [1.54, 1.807) is 0 Å². The van der Waals surface area contributed by atoms with Crippen LogP contribution in [-0.2, 0) is 0 Å². The summed E-state index contributed by atoms with van der Waals surface area (Å²) in [7, 11) is 0. The van der Waals surface area contributed by atoms with Crippen LogP contribution in [0.4, 0.5) is 0 Å². The molecule has 0 saturated carbocycles. The van der Waals surface area contributed by atoms with Crippen LogP contribution in [0.1, 0.15) is 5.56 Å². The first-order chi connectivity index (χ1) is 10.8. The van der Waals surface area contributed by atoms with E-state index in [1.807, 2.05) is 61.5 Å². The van der Waals surface area contributed by atoms with Gasteiger partial charge in [0.25, 0.3) is 0 Å². The number of aryl methyl sites for hydroxylation is 1. The van der Waals surface area contributed by atoms with Crippen molar-refractivity contribution in [3.8, 4) is 11.1 Å². The third-order valence-corrected chi connectivity index (χ3v) is 4.13. The van der Waals surface area contributed by atoms with Gasteiger partial charge in [-0.05, 0) is 34.9 Å². The SMILES string of the molecule is Cc1c(-c2cccc3ccccc23)c(=O)oc2ccccc12. The zero-order valence-corrected chi connectivity index (χ0v) is 12.2. The molecular formula is C20H14O2. The lowest BCUT2D eigenvalue weighted by Crippen LogP contribution is -2.06. The monoisotopic (exact) mass is 286 g/mol. The Hall–Kier alpha value is -2.87. The fourth-order valence-electron chi connectivity index (χ4n) is 3.06. The topological polar surface area (TPSA) is 30.2 Å². The summed E-state index contributed by atoms with van der Waals surface area (Å²) in [6, 6.07) is 21.8. The van der Waals surface area contributed by atoms with Crippen LogP contribution >= 0.6 is 0 Å². The van der Waals surface area contributed by atoms with Crippen molar-refractivity contribution in [3.63, 3.8) is 0 Å². The molecule has 1 heterocycles. The summed E-state index contributed by atoms with van der Waals surface area (Å²) in [4.78, 5) is 12.5. The molecule has 22 heavy (non-hydrogen) atoms. The first-order valence-electron chi connectivity index (χ1n) is 7.26. The van der Waals surface area contributed by atoms with Crippen LogP contribution in [0.5, 0.6) is 0 Å². The van der Waals surface area contributed by atoms with Gasteiger partial charge in [-0.2, -0.15) is 0 Å². The average Bonchev–Trinajstić information content (AvgIpc) is 2.55. The summed E-state index contributed by atoms with van der Waals surface area (Å²) in [5, 5.41) is 3.16. The van der Waals surface area contributed by atoms with E-state index >= 15 is 0 Å². The largest absolute Gasteiger partial charge is 0.422 e. The zero-order valence-electron chi connectivity index (χ0n) is 12.2. The van der Waals surface area contributed by atoms with Gasteiger partial charge in [-0.25, -0.2) is 4.79 Å².